The minimum atomic E-state index is 0.278. The minimum Gasteiger partial charge on any atom is -0.388 e. The lowest BCUT2D eigenvalue weighted by atomic mass is 10.1. The molecule has 3 N–H and O–H groups in total. The zero-order valence-corrected chi connectivity index (χ0v) is 8.42. The highest BCUT2D eigenvalue weighted by Crippen LogP contribution is 2.28. The van der Waals surface area contributed by atoms with Gasteiger partial charge in [-0.05, 0) is 12.2 Å². The average Bonchev–Trinajstić information content (AvgIpc) is 1.84. The second-order valence-corrected chi connectivity index (χ2v) is 5.19. The number of amidine groups is 1. The first-order chi connectivity index (χ1) is 4.98. The van der Waals surface area contributed by atoms with Crippen LogP contribution in [0.2, 0.25) is 0 Å². The van der Waals surface area contributed by atoms with E-state index in [1.54, 1.807) is 0 Å². The van der Waals surface area contributed by atoms with Gasteiger partial charge in [-0.3, -0.25) is 5.41 Å². The Morgan fingerprint density at radius 1 is 1.55 bits per heavy atom. The van der Waals surface area contributed by atoms with E-state index in [0.717, 1.165) is 18.6 Å². The third-order valence-corrected chi connectivity index (χ3v) is 2.81. The summed E-state index contributed by atoms with van der Waals surface area (Å²) >= 11 is 1.92. The Hall–Kier alpha value is -0.180. The summed E-state index contributed by atoms with van der Waals surface area (Å²) in [4.78, 5) is 0. The van der Waals surface area contributed by atoms with Gasteiger partial charge < -0.3 is 5.73 Å². The average molecular weight is 174 g/mol. The smallest absolute Gasteiger partial charge is 0.0905 e. The van der Waals surface area contributed by atoms with Gasteiger partial charge in [0.15, 0.2) is 0 Å². The fourth-order valence-electron chi connectivity index (χ4n) is 0.899. The van der Waals surface area contributed by atoms with E-state index in [4.69, 9.17) is 11.1 Å². The molecule has 11 heavy (non-hydrogen) atoms. The molecule has 0 rings (SSSR count). The van der Waals surface area contributed by atoms with Crippen LogP contribution < -0.4 is 5.73 Å². The van der Waals surface area contributed by atoms with E-state index >= 15 is 0 Å². The van der Waals surface area contributed by atoms with E-state index in [1.807, 2.05) is 11.8 Å². The predicted molar refractivity (Wildman–Crippen MR) is 53.4 cm³/mol. The number of rotatable bonds is 5. The monoisotopic (exact) mass is 174 g/mol. The largest absolute Gasteiger partial charge is 0.388 e. The van der Waals surface area contributed by atoms with E-state index in [1.165, 1.54) is 0 Å². The Kier molecular flexibility index (Phi) is 4.57. The number of nitrogens with one attached hydrogen (secondary N) is 1. The quantitative estimate of drug-likeness (QED) is 0.496. The van der Waals surface area contributed by atoms with Crippen molar-refractivity contribution in [3.05, 3.63) is 0 Å². The molecule has 0 atom stereocenters. The zero-order chi connectivity index (χ0) is 8.91. The van der Waals surface area contributed by atoms with Gasteiger partial charge in [-0.2, -0.15) is 11.8 Å². The molecule has 0 amide bonds. The van der Waals surface area contributed by atoms with Crippen molar-refractivity contribution in [2.24, 2.45) is 5.73 Å². The van der Waals surface area contributed by atoms with Gasteiger partial charge in [0.1, 0.15) is 0 Å². The van der Waals surface area contributed by atoms with Gasteiger partial charge in [-0.1, -0.05) is 20.8 Å². The molecule has 0 heterocycles. The van der Waals surface area contributed by atoms with Gasteiger partial charge in [0, 0.05) is 11.2 Å². The molecule has 0 bridgehead atoms. The van der Waals surface area contributed by atoms with Gasteiger partial charge in [0.25, 0.3) is 0 Å². The van der Waals surface area contributed by atoms with E-state index in [0.29, 0.717) is 5.84 Å². The summed E-state index contributed by atoms with van der Waals surface area (Å²) in [5, 5.41) is 7.08. The van der Waals surface area contributed by atoms with Crippen molar-refractivity contribution >= 4 is 17.6 Å². The van der Waals surface area contributed by atoms with Gasteiger partial charge in [0.2, 0.25) is 0 Å². The van der Waals surface area contributed by atoms with Gasteiger partial charge >= 0.3 is 0 Å². The van der Waals surface area contributed by atoms with E-state index in [2.05, 4.69) is 20.8 Å². The third kappa shape index (κ3) is 6.23. The van der Waals surface area contributed by atoms with Crippen molar-refractivity contribution in [2.75, 3.05) is 5.75 Å². The summed E-state index contributed by atoms with van der Waals surface area (Å²) < 4.78 is 0.278. The van der Waals surface area contributed by atoms with Crippen LogP contribution in [0.15, 0.2) is 0 Å². The van der Waals surface area contributed by atoms with Crippen molar-refractivity contribution in [3.63, 3.8) is 0 Å². The molecule has 0 aliphatic rings. The molecule has 0 fully saturated rings. The summed E-state index contributed by atoms with van der Waals surface area (Å²) in [7, 11) is 0. The molecule has 0 aromatic rings. The van der Waals surface area contributed by atoms with Crippen LogP contribution in [-0.2, 0) is 0 Å². The van der Waals surface area contributed by atoms with Crippen molar-refractivity contribution in [1.29, 1.82) is 5.41 Å². The Labute approximate surface area is 73.4 Å². The molecule has 2 nitrogen and oxygen atoms in total. The lowest BCUT2D eigenvalue weighted by Crippen LogP contribution is -2.19. The maximum absolute atomic E-state index is 7.08. The lowest BCUT2D eigenvalue weighted by Gasteiger charge is -2.22. The first-order valence-corrected chi connectivity index (χ1v) is 4.93. The second kappa shape index (κ2) is 4.65. The number of thioether (sulfide) groups is 1. The summed E-state index contributed by atoms with van der Waals surface area (Å²) in [6, 6.07) is 0. The van der Waals surface area contributed by atoms with Gasteiger partial charge in [-0.15, -0.1) is 0 Å². The molecule has 0 aliphatic heterocycles. The van der Waals surface area contributed by atoms with Crippen LogP contribution in [-0.4, -0.2) is 16.3 Å². The molecule has 0 unspecified atom stereocenters. The maximum atomic E-state index is 7.08. The third-order valence-electron chi connectivity index (χ3n) is 1.53. The number of hydrogen-bond donors (Lipinski definition) is 2. The predicted octanol–water partition coefficient (Wildman–Crippen LogP) is 2.23. The first-order valence-electron chi connectivity index (χ1n) is 3.95. The van der Waals surface area contributed by atoms with Crippen molar-refractivity contribution < 1.29 is 0 Å². The standard InChI is InChI=1S/C8H18N2S/c1-4-11-8(2,3)6-5-7(9)10/h4-6H2,1-3H3,(H3,9,10). The van der Waals surface area contributed by atoms with Crippen molar-refractivity contribution in [2.45, 2.75) is 38.4 Å². The normalized spacial score (nSPS) is 11.5. The van der Waals surface area contributed by atoms with Crippen LogP contribution in [0.5, 0.6) is 0 Å². The van der Waals surface area contributed by atoms with Crippen LogP contribution in [0.25, 0.3) is 0 Å². The lowest BCUT2D eigenvalue weighted by molar-refractivity contribution is 0.657. The SMILES string of the molecule is CCSC(C)(C)CCC(=N)N. The number of nitrogens with two attached hydrogens (primary N) is 1. The van der Waals surface area contributed by atoms with Crippen LogP contribution >= 0.6 is 11.8 Å². The minimum absolute atomic E-state index is 0.278. The highest BCUT2D eigenvalue weighted by molar-refractivity contribution is 8.00. The first kappa shape index (κ1) is 10.8. The Morgan fingerprint density at radius 3 is 2.45 bits per heavy atom. The van der Waals surface area contributed by atoms with Crippen LogP contribution in [0.1, 0.15) is 33.6 Å². The number of hydrogen-bond acceptors (Lipinski definition) is 2. The highest BCUT2D eigenvalue weighted by Gasteiger charge is 2.16. The summed E-state index contributed by atoms with van der Waals surface area (Å²) in [5.41, 5.74) is 5.27. The molecular formula is C8H18N2S. The van der Waals surface area contributed by atoms with Gasteiger partial charge in [0.05, 0.1) is 5.84 Å². The molecule has 3 heteroatoms. The molecule has 66 valence electrons. The van der Waals surface area contributed by atoms with E-state index < -0.39 is 0 Å². The van der Waals surface area contributed by atoms with Crippen LogP contribution in [0.4, 0.5) is 0 Å². The summed E-state index contributed by atoms with van der Waals surface area (Å²) in [6.07, 6.45) is 1.72. The maximum Gasteiger partial charge on any atom is 0.0905 e. The van der Waals surface area contributed by atoms with Crippen molar-refractivity contribution in [1.82, 2.24) is 0 Å². The van der Waals surface area contributed by atoms with E-state index in [9.17, 15) is 0 Å². The summed E-state index contributed by atoms with van der Waals surface area (Å²) in [5.74, 6) is 1.43. The molecule has 0 aromatic heterocycles. The Morgan fingerprint density at radius 2 is 2.09 bits per heavy atom. The van der Waals surface area contributed by atoms with Crippen molar-refractivity contribution in [3.8, 4) is 0 Å². The van der Waals surface area contributed by atoms with Gasteiger partial charge in [-0.25, -0.2) is 0 Å². The Bertz CT molecular complexity index is 132. The zero-order valence-electron chi connectivity index (χ0n) is 7.61. The molecule has 0 spiro atoms. The molecule has 0 aliphatic carbocycles. The highest BCUT2D eigenvalue weighted by atomic mass is 32.2. The van der Waals surface area contributed by atoms with Crippen LogP contribution in [0.3, 0.4) is 0 Å². The molecular weight excluding hydrogens is 156 g/mol. The van der Waals surface area contributed by atoms with Crippen LogP contribution in [0, 0.1) is 5.41 Å². The fraction of sp³-hybridized carbons (Fsp3) is 0.875. The Balaban J connectivity index is 3.63. The topological polar surface area (TPSA) is 49.9 Å². The second-order valence-electron chi connectivity index (χ2n) is 3.22. The fourth-order valence-corrected chi connectivity index (χ4v) is 1.93. The molecule has 0 radical (unpaired) electrons. The molecule has 0 saturated carbocycles. The molecule has 0 saturated heterocycles. The summed E-state index contributed by atoms with van der Waals surface area (Å²) in [6.45, 7) is 6.55. The van der Waals surface area contributed by atoms with E-state index in [-0.39, 0.29) is 4.75 Å². The molecule has 0 aromatic carbocycles.